The maximum atomic E-state index is 5.56. The molecule has 0 radical (unpaired) electrons. The third-order valence-corrected chi connectivity index (χ3v) is 4.49. The number of halogens is 1. The summed E-state index contributed by atoms with van der Waals surface area (Å²) in [4.78, 5) is 4.62. The molecule has 0 aliphatic rings. The lowest BCUT2D eigenvalue weighted by molar-refractivity contribution is 0.862. The number of nitrogen functional groups attached to an aromatic ring is 1. The monoisotopic (exact) mass is 307 g/mol. The molecule has 3 N–H and O–H groups in total. The van der Waals surface area contributed by atoms with Gasteiger partial charge >= 0.3 is 0 Å². The van der Waals surface area contributed by atoms with Crippen LogP contribution in [0.1, 0.15) is 36.5 Å². The zero-order valence-corrected chi connectivity index (χ0v) is 12.7. The average Bonchev–Trinajstić information content (AvgIpc) is 2.34. The molecule has 0 saturated heterocycles. The van der Waals surface area contributed by atoms with Crippen LogP contribution < -0.4 is 11.3 Å². The standard InChI is InChI=1S/C14H18BrN3/c1-7(2)10-6-11-9(4)13(15)8(3)5-12(11)17-14(10)18-16/h5-7H,16H2,1-4H3,(H,17,18). The van der Waals surface area contributed by atoms with Crippen LogP contribution in [-0.2, 0) is 0 Å². The molecular weight excluding hydrogens is 290 g/mol. The zero-order chi connectivity index (χ0) is 13.4. The van der Waals surface area contributed by atoms with Gasteiger partial charge in [0.1, 0.15) is 5.82 Å². The number of nitrogens with zero attached hydrogens (tertiary/aromatic N) is 1. The zero-order valence-electron chi connectivity index (χ0n) is 11.1. The van der Waals surface area contributed by atoms with E-state index in [9.17, 15) is 0 Å². The number of nitrogens with two attached hydrogens (primary N) is 1. The summed E-state index contributed by atoms with van der Waals surface area (Å²) in [5.41, 5.74) is 7.23. The lowest BCUT2D eigenvalue weighted by Gasteiger charge is -2.15. The quantitative estimate of drug-likeness (QED) is 0.650. The van der Waals surface area contributed by atoms with Gasteiger partial charge in [-0.1, -0.05) is 29.8 Å². The van der Waals surface area contributed by atoms with E-state index in [2.05, 4.69) is 66.2 Å². The van der Waals surface area contributed by atoms with E-state index in [1.807, 2.05) is 0 Å². The average molecular weight is 308 g/mol. The van der Waals surface area contributed by atoms with Crippen molar-refractivity contribution in [2.24, 2.45) is 5.84 Å². The molecule has 18 heavy (non-hydrogen) atoms. The van der Waals surface area contributed by atoms with Gasteiger partial charge < -0.3 is 5.43 Å². The molecule has 0 bridgehead atoms. The third-order valence-electron chi connectivity index (χ3n) is 3.27. The maximum Gasteiger partial charge on any atom is 0.144 e. The first-order valence-electron chi connectivity index (χ1n) is 6.02. The molecule has 2 rings (SSSR count). The van der Waals surface area contributed by atoms with E-state index in [4.69, 9.17) is 5.84 Å². The first kappa shape index (κ1) is 13.3. The molecular formula is C14H18BrN3. The fraction of sp³-hybridized carbons (Fsp3) is 0.357. The van der Waals surface area contributed by atoms with Crippen LogP contribution in [0.5, 0.6) is 0 Å². The minimum atomic E-state index is 0.382. The van der Waals surface area contributed by atoms with Crippen LogP contribution in [0.15, 0.2) is 16.6 Å². The number of nitrogens with one attached hydrogen (secondary N) is 1. The second-order valence-electron chi connectivity index (χ2n) is 4.92. The number of pyridine rings is 1. The minimum absolute atomic E-state index is 0.382. The summed E-state index contributed by atoms with van der Waals surface area (Å²) < 4.78 is 1.15. The molecule has 2 aromatic rings. The molecule has 0 aliphatic heterocycles. The summed E-state index contributed by atoms with van der Waals surface area (Å²) in [6.07, 6.45) is 0. The maximum absolute atomic E-state index is 5.56. The Kier molecular flexibility index (Phi) is 3.59. The number of hydrogen-bond acceptors (Lipinski definition) is 3. The second kappa shape index (κ2) is 4.86. The van der Waals surface area contributed by atoms with Crippen molar-refractivity contribution in [3.63, 3.8) is 0 Å². The number of benzene rings is 1. The SMILES string of the molecule is Cc1cc2nc(NN)c(C(C)C)cc2c(C)c1Br. The van der Waals surface area contributed by atoms with Gasteiger partial charge in [0.15, 0.2) is 0 Å². The van der Waals surface area contributed by atoms with Crippen molar-refractivity contribution in [1.82, 2.24) is 4.98 Å². The highest BCUT2D eigenvalue weighted by molar-refractivity contribution is 9.10. The van der Waals surface area contributed by atoms with Crippen LogP contribution in [0.25, 0.3) is 10.9 Å². The van der Waals surface area contributed by atoms with Gasteiger partial charge in [0.25, 0.3) is 0 Å². The minimum Gasteiger partial charge on any atom is -0.308 e. The van der Waals surface area contributed by atoms with Gasteiger partial charge in [0.05, 0.1) is 5.52 Å². The molecule has 1 aromatic heterocycles. The highest BCUT2D eigenvalue weighted by Gasteiger charge is 2.13. The Morgan fingerprint density at radius 2 is 1.94 bits per heavy atom. The Balaban J connectivity index is 2.84. The van der Waals surface area contributed by atoms with Crippen LogP contribution >= 0.6 is 15.9 Å². The van der Waals surface area contributed by atoms with Crippen LogP contribution in [0, 0.1) is 13.8 Å². The Morgan fingerprint density at radius 1 is 1.28 bits per heavy atom. The van der Waals surface area contributed by atoms with Gasteiger partial charge in [-0.05, 0) is 48.6 Å². The Hall–Kier alpha value is -1.13. The van der Waals surface area contributed by atoms with E-state index in [1.165, 1.54) is 16.5 Å². The van der Waals surface area contributed by atoms with Gasteiger partial charge in [-0.3, -0.25) is 0 Å². The van der Waals surface area contributed by atoms with Crippen LogP contribution in [-0.4, -0.2) is 4.98 Å². The second-order valence-corrected chi connectivity index (χ2v) is 5.72. The number of rotatable bonds is 2. The number of hydrazine groups is 1. The molecule has 1 aromatic carbocycles. The predicted molar refractivity (Wildman–Crippen MR) is 80.8 cm³/mol. The van der Waals surface area contributed by atoms with E-state index in [-0.39, 0.29) is 0 Å². The Labute approximate surface area is 116 Å². The van der Waals surface area contributed by atoms with Crippen LogP contribution in [0.3, 0.4) is 0 Å². The van der Waals surface area contributed by atoms with Crippen LogP contribution in [0.2, 0.25) is 0 Å². The highest BCUT2D eigenvalue weighted by atomic mass is 79.9. The van der Waals surface area contributed by atoms with Gasteiger partial charge in [-0.25, -0.2) is 10.8 Å². The smallest absolute Gasteiger partial charge is 0.144 e. The molecule has 96 valence electrons. The summed E-state index contributed by atoms with van der Waals surface area (Å²) in [5.74, 6) is 6.71. The van der Waals surface area contributed by atoms with Gasteiger partial charge in [-0.2, -0.15) is 0 Å². The van der Waals surface area contributed by atoms with Crippen molar-refractivity contribution in [3.05, 3.63) is 33.3 Å². The number of aryl methyl sites for hydroxylation is 2. The van der Waals surface area contributed by atoms with E-state index in [0.29, 0.717) is 5.92 Å². The largest absolute Gasteiger partial charge is 0.308 e. The van der Waals surface area contributed by atoms with Gasteiger partial charge in [-0.15, -0.1) is 0 Å². The third kappa shape index (κ3) is 2.10. The van der Waals surface area contributed by atoms with Crippen molar-refractivity contribution < 1.29 is 0 Å². The summed E-state index contributed by atoms with van der Waals surface area (Å²) in [6, 6.07) is 4.26. The van der Waals surface area contributed by atoms with Crippen molar-refractivity contribution in [1.29, 1.82) is 0 Å². The Morgan fingerprint density at radius 3 is 2.50 bits per heavy atom. The first-order chi connectivity index (χ1) is 8.45. The molecule has 0 atom stereocenters. The van der Waals surface area contributed by atoms with Crippen molar-refractivity contribution >= 4 is 32.7 Å². The summed E-state index contributed by atoms with van der Waals surface area (Å²) in [7, 11) is 0. The van der Waals surface area contributed by atoms with Crippen molar-refractivity contribution in [2.45, 2.75) is 33.6 Å². The lowest BCUT2D eigenvalue weighted by Crippen LogP contribution is -2.12. The van der Waals surface area contributed by atoms with E-state index >= 15 is 0 Å². The molecule has 0 spiro atoms. The molecule has 0 unspecified atom stereocenters. The number of fused-ring (bicyclic) bond motifs is 1. The summed E-state index contributed by atoms with van der Waals surface area (Å²) >= 11 is 3.63. The fourth-order valence-corrected chi connectivity index (χ4v) is 2.52. The number of aromatic nitrogens is 1. The topological polar surface area (TPSA) is 50.9 Å². The molecule has 3 nitrogen and oxygen atoms in total. The predicted octanol–water partition coefficient (Wildman–Crippen LogP) is 4.02. The lowest BCUT2D eigenvalue weighted by atomic mass is 9.99. The molecule has 0 amide bonds. The molecule has 0 aliphatic carbocycles. The van der Waals surface area contributed by atoms with Crippen LogP contribution in [0.4, 0.5) is 5.82 Å². The van der Waals surface area contributed by atoms with E-state index in [1.54, 1.807) is 0 Å². The molecule has 0 fully saturated rings. The normalized spacial score (nSPS) is 11.3. The number of hydrogen-bond donors (Lipinski definition) is 2. The molecule has 4 heteroatoms. The van der Waals surface area contributed by atoms with Gasteiger partial charge in [0.2, 0.25) is 0 Å². The van der Waals surface area contributed by atoms with Gasteiger partial charge in [0, 0.05) is 9.86 Å². The van der Waals surface area contributed by atoms with E-state index < -0.39 is 0 Å². The highest BCUT2D eigenvalue weighted by Crippen LogP contribution is 2.32. The first-order valence-corrected chi connectivity index (χ1v) is 6.82. The molecule has 1 heterocycles. The summed E-state index contributed by atoms with van der Waals surface area (Å²) in [5, 5.41) is 1.18. The summed E-state index contributed by atoms with van der Waals surface area (Å²) in [6.45, 7) is 8.47. The van der Waals surface area contributed by atoms with E-state index in [0.717, 1.165) is 21.4 Å². The molecule has 0 saturated carbocycles. The fourth-order valence-electron chi connectivity index (χ4n) is 2.19. The van der Waals surface area contributed by atoms with Crippen molar-refractivity contribution in [3.8, 4) is 0 Å². The number of anilines is 1. The van der Waals surface area contributed by atoms with Crippen molar-refractivity contribution in [2.75, 3.05) is 5.43 Å². The Bertz CT molecular complexity index is 606.